The zero-order chi connectivity index (χ0) is 36.9. The topological polar surface area (TPSA) is 123 Å². The zero-order valence-corrected chi connectivity index (χ0v) is 30.5. The molecule has 2 amide bonds. The summed E-state index contributed by atoms with van der Waals surface area (Å²) in [5.41, 5.74) is 5.42. The number of carboxylic acid groups (broad SMARTS) is 1. The second-order valence-electron chi connectivity index (χ2n) is 13.2. The molecule has 268 valence electrons. The van der Waals surface area contributed by atoms with Crippen molar-refractivity contribution in [1.29, 1.82) is 0 Å². The number of aliphatic carboxylic acids is 1. The van der Waals surface area contributed by atoms with Crippen molar-refractivity contribution in [2.24, 2.45) is 10.2 Å². The van der Waals surface area contributed by atoms with E-state index in [9.17, 15) is 19.5 Å². The number of thioether (sulfide) groups is 2. The minimum atomic E-state index is -4.15. The molecule has 16 heteroatoms. The number of anilines is 1. The molecule has 2 unspecified atom stereocenters. The number of fused-ring (bicyclic) bond motifs is 3. The van der Waals surface area contributed by atoms with Crippen LogP contribution in [0.25, 0.3) is 6.08 Å². The SMILES string of the molecule is Cc1cc(C)n2c1C=C1C=CC(CCC(=O)NC3C(=O)N4C(C(=O)O)=C(CSc5ccc(N=Nc6ccc(N(C)C)cc6)cc5)CSC34)=[N+]1[B-]2(F)F. The number of amides is 2. The van der Waals surface area contributed by atoms with Crippen LogP contribution in [0, 0.1) is 13.8 Å². The Morgan fingerprint density at radius 3 is 2.40 bits per heavy atom. The average Bonchev–Trinajstić information content (AvgIpc) is 3.67. The number of carbonyl (C=O) groups excluding carboxylic acids is 2. The Kier molecular flexibility index (Phi) is 9.46. The molecular weight excluding hydrogens is 707 g/mol. The first kappa shape index (κ1) is 35.4. The normalized spacial score (nSPS) is 20.1. The number of nitrogens with zero attached hydrogens (tertiary/aromatic N) is 6. The summed E-state index contributed by atoms with van der Waals surface area (Å²) in [5, 5.41) is 20.9. The van der Waals surface area contributed by atoms with E-state index < -0.39 is 36.2 Å². The number of halogens is 2. The Balaban J connectivity index is 0.951. The van der Waals surface area contributed by atoms with E-state index in [0.717, 1.165) is 30.8 Å². The molecule has 52 heavy (non-hydrogen) atoms. The van der Waals surface area contributed by atoms with Crippen molar-refractivity contribution in [3.8, 4) is 0 Å². The fourth-order valence-electron chi connectivity index (χ4n) is 6.89. The van der Waals surface area contributed by atoms with Crippen LogP contribution < -0.4 is 10.2 Å². The van der Waals surface area contributed by atoms with Crippen LogP contribution in [-0.2, 0) is 14.4 Å². The highest BCUT2D eigenvalue weighted by molar-refractivity contribution is 8.01. The number of aromatic nitrogens is 1. The van der Waals surface area contributed by atoms with Crippen molar-refractivity contribution >= 4 is 77.1 Å². The number of hydrogen-bond acceptors (Lipinski definition) is 8. The first-order valence-electron chi connectivity index (χ1n) is 16.7. The summed E-state index contributed by atoms with van der Waals surface area (Å²) < 4.78 is 33.6. The Bertz CT molecular complexity index is 2140. The number of aryl methyl sites for hydroxylation is 2. The second-order valence-corrected chi connectivity index (χ2v) is 15.3. The van der Waals surface area contributed by atoms with Gasteiger partial charge in [0.15, 0.2) is 5.70 Å². The lowest BCUT2D eigenvalue weighted by molar-refractivity contribution is -0.362. The van der Waals surface area contributed by atoms with Crippen molar-refractivity contribution < 1.29 is 32.6 Å². The van der Waals surface area contributed by atoms with Gasteiger partial charge in [-0.3, -0.25) is 14.5 Å². The van der Waals surface area contributed by atoms with Crippen LogP contribution >= 0.6 is 23.5 Å². The van der Waals surface area contributed by atoms with Gasteiger partial charge in [0, 0.05) is 72.9 Å². The summed E-state index contributed by atoms with van der Waals surface area (Å²) in [6, 6.07) is 16.0. The smallest absolute Gasteiger partial charge is 0.477 e. The van der Waals surface area contributed by atoms with Crippen LogP contribution in [0.4, 0.5) is 25.7 Å². The maximum atomic E-state index is 15.8. The van der Waals surface area contributed by atoms with Crippen LogP contribution in [0.5, 0.6) is 0 Å². The summed E-state index contributed by atoms with van der Waals surface area (Å²) in [6.07, 6.45) is 4.90. The molecular formula is C36H36BF2N7O4S2. The monoisotopic (exact) mass is 743 g/mol. The van der Waals surface area contributed by atoms with E-state index in [1.807, 2.05) is 67.5 Å². The van der Waals surface area contributed by atoms with Gasteiger partial charge in [-0.25, -0.2) is 4.79 Å². The predicted molar refractivity (Wildman–Crippen MR) is 201 cm³/mol. The number of β-lactam (4-membered cyclic amide) rings is 1. The van der Waals surface area contributed by atoms with Crippen LogP contribution in [0.1, 0.15) is 29.8 Å². The van der Waals surface area contributed by atoms with Crippen molar-refractivity contribution in [2.45, 2.75) is 43.0 Å². The number of nitrogens with one attached hydrogen (secondary N) is 1. The first-order valence-corrected chi connectivity index (χ1v) is 18.7. The van der Waals surface area contributed by atoms with Crippen molar-refractivity contribution in [3.05, 3.63) is 101 Å². The second kappa shape index (κ2) is 13.9. The molecule has 7 rings (SSSR count). The molecule has 0 saturated carbocycles. The van der Waals surface area contributed by atoms with Gasteiger partial charge in [0.1, 0.15) is 22.8 Å². The summed E-state index contributed by atoms with van der Waals surface area (Å²) >= 11 is 2.84. The molecule has 1 saturated heterocycles. The van der Waals surface area contributed by atoms with Gasteiger partial charge in [0.2, 0.25) is 5.91 Å². The Labute approximate surface area is 307 Å². The van der Waals surface area contributed by atoms with Crippen LogP contribution in [0.15, 0.2) is 98.8 Å². The molecule has 0 spiro atoms. The average molecular weight is 744 g/mol. The summed E-state index contributed by atoms with van der Waals surface area (Å²) in [5.74, 6) is -1.45. The lowest BCUT2D eigenvalue weighted by atomic mass is 9.90. The number of carbonyl (C=O) groups is 3. The summed E-state index contributed by atoms with van der Waals surface area (Å²) in [4.78, 5) is 42.8. The molecule has 2 N–H and O–H groups in total. The number of hydrogen-bond donors (Lipinski definition) is 2. The van der Waals surface area contributed by atoms with E-state index in [2.05, 4.69) is 15.5 Å². The van der Waals surface area contributed by atoms with Crippen molar-refractivity contribution in [3.63, 3.8) is 0 Å². The maximum absolute atomic E-state index is 15.8. The first-order chi connectivity index (χ1) is 24.8. The van der Waals surface area contributed by atoms with Gasteiger partial charge in [-0.1, -0.05) is 0 Å². The fraction of sp³-hybridized carbons (Fsp3) is 0.278. The molecule has 0 bridgehead atoms. The summed E-state index contributed by atoms with van der Waals surface area (Å²) in [6.45, 7) is -0.693. The number of benzene rings is 2. The molecule has 11 nitrogen and oxygen atoms in total. The number of allylic oxidation sites excluding steroid dienone is 2. The Hall–Kier alpha value is -4.96. The van der Waals surface area contributed by atoms with E-state index in [1.165, 1.54) is 28.4 Å². The van der Waals surface area contributed by atoms with Crippen LogP contribution in [0.2, 0.25) is 0 Å². The van der Waals surface area contributed by atoms with Crippen molar-refractivity contribution in [1.82, 2.24) is 14.7 Å². The Morgan fingerprint density at radius 1 is 1.08 bits per heavy atom. The molecule has 4 aliphatic heterocycles. The molecule has 3 aromatic rings. The van der Waals surface area contributed by atoms with E-state index >= 15 is 8.63 Å². The number of azo groups is 1. The quantitative estimate of drug-likeness (QED) is 0.0996. The standard InChI is InChI=1S/C36H36BF2N7O4S2/c1-21-17-22(2)45-30(21)18-28-12-11-27(46(28)37(45,38)39)13-16-31(47)40-32-34(48)44-33(36(49)50)23(20-52-35(32)44)19-51-29-14-7-25(8-15-29)42-41-24-5-9-26(10-6-24)43(3)4/h5-12,14-15,17-18,32,35H,13,16,19-20H2,1-4H3,(H,40,47)(H,49,50). The van der Waals surface area contributed by atoms with Gasteiger partial charge in [-0.15, -0.1) is 23.5 Å². The third kappa shape index (κ3) is 6.49. The molecule has 1 fully saturated rings. The molecule has 0 radical (unpaired) electrons. The highest BCUT2D eigenvalue weighted by atomic mass is 32.2. The van der Waals surface area contributed by atoms with E-state index in [0.29, 0.717) is 45.6 Å². The fourth-order valence-corrected chi connectivity index (χ4v) is 9.27. The Morgan fingerprint density at radius 2 is 1.75 bits per heavy atom. The van der Waals surface area contributed by atoms with E-state index in [4.69, 9.17) is 0 Å². The molecule has 2 atom stereocenters. The van der Waals surface area contributed by atoms with Gasteiger partial charge in [0.25, 0.3) is 5.91 Å². The lowest BCUT2D eigenvalue weighted by Crippen LogP contribution is -2.70. The largest absolute Gasteiger partial charge is 0.737 e. The predicted octanol–water partition coefficient (Wildman–Crippen LogP) is 6.50. The third-order valence-corrected chi connectivity index (χ3v) is 11.9. The lowest BCUT2D eigenvalue weighted by Gasteiger charge is -2.49. The van der Waals surface area contributed by atoms with Gasteiger partial charge in [0.05, 0.1) is 11.4 Å². The van der Waals surface area contributed by atoms with Gasteiger partial charge in [-0.2, -0.15) is 10.2 Å². The molecule has 2 aromatic carbocycles. The van der Waals surface area contributed by atoms with Crippen molar-refractivity contribution in [2.75, 3.05) is 30.5 Å². The number of carboxylic acids is 1. The zero-order valence-electron chi connectivity index (χ0n) is 28.9. The third-order valence-electron chi connectivity index (χ3n) is 9.48. The molecule has 5 heterocycles. The van der Waals surface area contributed by atoms with Crippen LogP contribution in [-0.4, -0.2) is 86.5 Å². The minimum absolute atomic E-state index is 0.0460. The highest BCUT2D eigenvalue weighted by Gasteiger charge is 2.55. The summed E-state index contributed by atoms with van der Waals surface area (Å²) in [7, 11) is 3.94. The molecule has 1 aromatic heterocycles. The van der Waals surface area contributed by atoms with Gasteiger partial charge < -0.3 is 32.9 Å². The van der Waals surface area contributed by atoms with Gasteiger partial charge in [-0.05, 0) is 85.3 Å². The van der Waals surface area contributed by atoms with Gasteiger partial charge >= 0.3 is 12.9 Å². The number of rotatable bonds is 11. The van der Waals surface area contributed by atoms with E-state index in [-0.39, 0.29) is 18.5 Å². The highest BCUT2D eigenvalue weighted by Crippen LogP contribution is 2.42. The maximum Gasteiger partial charge on any atom is 0.737 e. The molecule has 0 aliphatic carbocycles. The van der Waals surface area contributed by atoms with E-state index in [1.54, 1.807) is 38.1 Å². The molecule has 4 aliphatic rings. The van der Waals surface area contributed by atoms with Crippen LogP contribution in [0.3, 0.4) is 0 Å². The minimum Gasteiger partial charge on any atom is -0.477 e.